The van der Waals surface area contributed by atoms with Crippen LogP contribution in [-0.4, -0.2) is 13.7 Å². The Balaban J connectivity index is 2.49. The van der Waals surface area contributed by atoms with Crippen molar-refractivity contribution in [1.82, 2.24) is 0 Å². The van der Waals surface area contributed by atoms with Crippen LogP contribution >= 0.6 is 15.9 Å². The van der Waals surface area contributed by atoms with Crippen molar-refractivity contribution < 1.29 is 13.9 Å². The molecule has 0 atom stereocenters. The maximum atomic E-state index is 13.9. The Hall–Kier alpha value is -2.76. The molecule has 0 N–H and O–H groups in total. The molecule has 0 spiro atoms. The molecule has 2 aromatic carbocycles. The Bertz CT molecular complexity index is 863. The summed E-state index contributed by atoms with van der Waals surface area (Å²) in [5, 5.41) is 9.36. The van der Waals surface area contributed by atoms with Crippen LogP contribution in [0.15, 0.2) is 40.9 Å². The summed E-state index contributed by atoms with van der Waals surface area (Å²) < 4.78 is 25.3. The van der Waals surface area contributed by atoms with E-state index in [9.17, 15) is 9.65 Å². The molecule has 0 saturated heterocycles. The molecular weight excluding hydrogens is 373 g/mol. The first-order valence-corrected chi connectivity index (χ1v) is 7.70. The number of nitriles is 1. The van der Waals surface area contributed by atoms with Gasteiger partial charge in [-0.05, 0) is 45.8 Å². The first-order chi connectivity index (χ1) is 11.6. The van der Waals surface area contributed by atoms with Crippen molar-refractivity contribution in [2.75, 3.05) is 13.7 Å². The van der Waals surface area contributed by atoms with Gasteiger partial charge in [-0.25, -0.2) is 4.39 Å². The summed E-state index contributed by atoms with van der Waals surface area (Å²) in [6.45, 7) is 0.100. The van der Waals surface area contributed by atoms with E-state index in [1.807, 2.05) is 6.07 Å². The summed E-state index contributed by atoms with van der Waals surface area (Å²) in [4.78, 5) is 0. The highest BCUT2D eigenvalue weighted by Gasteiger charge is 2.12. The van der Waals surface area contributed by atoms with Crippen LogP contribution in [-0.2, 0) is 0 Å². The third-order valence-corrected chi connectivity index (χ3v) is 3.74. The molecule has 0 aromatic heterocycles. The predicted octanol–water partition coefficient (Wildman–Crippen LogP) is 4.67. The Morgan fingerprint density at radius 2 is 2.12 bits per heavy atom. The minimum absolute atomic E-state index is 0.100. The van der Waals surface area contributed by atoms with Gasteiger partial charge in [0, 0.05) is 5.56 Å². The molecule has 0 aliphatic rings. The van der Waals surface area contributed by atoms with Gasteiger partial charge in [-0.15, -0.1) is 6.42 Å². The van der Waals surface area contributed by atoms with E-state index in [2.05, 4.69) is 21.9 Å². The molecule has 0 aliphatic carbocycles. The zero-order valence-corrected chi connectivity index (χ0v) is 14.4. The van der Waals surface area contributed by atoms with Crippen LogP contribution in [0.5, 0.6) is 11.5 Å². The van der Waals surface area contributed by atoms with E-state index < -0.39 is 5.82 Å². The van der Waals surface area contributed by atoms with E-state index in [4.69, 9.17) is 15.9 Å². The molecule has 0 unspecified atom stereocenters. The van der Waals surface area contributed by atoms with Crippen LogP contribution in [0.1, 0.15) is 11.1 Å². The number of rotatable bonds is 5. The fraction of sp³-hybridized carbons (Fsp3) is 0.105. The molecular formula is C19H13BrFNO2. The molecule has 0 amide bonds. The molecule has 24 heavy (non-hydrogen) atoms. The second-order valence-corrected chi connectivity index (χ2v) is 5.53. The number of terminal acetylenes is 1. The number of methoxy groups -OCH3 is 1. The summed E-state index contributed by atoms with van der Waals surface area (Å²) in [5.41, 5.74) is 1.11. The van der Waals surface area contributed by atoms with Crippen molar-refractivity contribution in [3.63, 3.8) is 0 Å². The van der Waals surface area contributed by atoms with E-state index >= 15 is 0 Å². The van der Waals surface area contributed by atoms with E-state index in [0.29, 0.717) is 21.5 Å². The fourth-order valence-electron chi connectivity index (χ4n) is 2.09. The van der Waals surface area contributed by atoms with Gasteiger partial charge in [-0.1, -0.05) is 24.1 Å². The van der Waals surface area contributed by atoms with Crippen molar-refractivity contribution in [1.29, 1.82) is 5.26 Å². The van der Waals surface area contributed by atoms with Gasteiger partial charge in [-0.2, -0.15) is 5.26 Å². The minimum Gasteiger partial charge on any atom is -0.493 e. The number of hydrogen-bond acceptors (Lipinski definition) is 3. The van der Waals surface area contributed by atoms with Crippen molar-refractivity contribution in [2.45, 2.75) is 0 Å². The highest BCUT2D eigenvalue weighted by atomic mass is 79.9. The molecule has 2 aromatic rings. The fourth-order valence-corrected chi connectivity index (χ4v) is 2.67. The standard InChI is InChI=1S/C19H13BrFNO2/c1-3-8-24-19-16(20)10-13(11-18(19)23-2)9-14(12-22)15-6-4-5-7-17(15)21/h1,4-7,9-11H,8H2,2H3. The van der Waals surface area contributed by atoms with Crippen molar-refractivity contribution in [3.8, 4) is 29.9 Å². The van der Waals surface area contributed by atoms with E-state index in [1.54, 1.807) is 36.4 Å². The molecule has 120 valence electrons. The normalized spacial score (nSPS) is 10.6. The second-order valence-electron chi connectivity index (χ2n) is 4.68. The number of nitrogens with zero attached hydrogens (tertiary/aromatic N) is 1. The number of allylic oxidation sites excluding steroid dienone is 1. The molecule has 0 saturated carbocycles. The van der Waals surface area contributed by atoms with E-state index in [0.717, 1.165) is 0 Å². The van der Waals surface area contributed by atoms with Crippen molar-refractivity contribution in [3.05, 3.63) is 57.8 Å². The Kier molecular flexibility index (Phi) is 6.01. The summed E-state index contributed by atoms with van der Waals surface area (Å²) in [6, 6.07) is 11.6. The quantitative estimate of drug-likeness (QED) is 0.426. The van der Waals surface area contributed by atoms with Crippen molar-refractivity contribution in [2.24, 2.45) is 0 Å². The molecule has 0 radical (unpaired) electrons. The highest BCUT2D eigenvalue weighted by molar-refractivity contribution is 9.10. The summed E-state index contributed by atoms with van der Waals surface area (Å²) in [6.07, 6.45) is 6.78. The lowest BCUT2D eigenvalue weighted by Gasteiger charge is -2.12. The Labute approximate surface area is 148 Å². The molecule has 0 bridgehead atoms. The average molecular weight is 386 g/mol. The Morgan fingerprint density at radius 3 is 2.75 bits per heavy atom. The first kappa shape index (κ1) is 17.6. The molecule has 3 nitrogen and oxygen atoms in total. The van der Waals surface area contributed by atoms with Crippen LogP contribution in [0.4, 0.5) is 4.39 Å². The predicted molar refractivity (Wildman–Crippen MR) is 94.9 cm³/mol. The summed E-state index contributed by atoms with van der Waals surface area (Å²) in [7, 11) is 1.50. The van der Waals surface area contributed by atoms with Gasteiger partial charge in [0.15, 0.2) is 11.5 Å². The molecule has 5 heteroatoms. The molecule has 0 fully saturated rings. The van der Waals surface area contributed by atoms with Crippen molar-refractivity contribution >= 4 is 27.6 Å². The lowest BCUT2D eigenvalue weighted by atomic mass is 10.0. The Morgan fingerprint density at radius 1 is 1.38 bits per heavy atom. The van der Waals surface area contributed by atoms with Gasteiger partial charge in [0.25, 0.3) is 0 Å². The van der Waals surface area contributed by atoms with Gasteiger partial charge < -0.3 is 9.47 Å². The SMILES string of the molecule is C#CCOc1c(Br)cc(C=C(C#N)c2ccccc2F)cc1OC. The summed E-state index contributed by atoms with van der Waals surface area (Å²) in [5.74, 6) is 2.85. The lowest BCUT2D eigenvalue weighted by Crippen LogP contribution is -1.98. The molecule has 0 aliphatic heterocycles. The minimum atomic E-state index is -0.453. The van der Waals surface area contributed by atoms with Gasteiger partial charge in [0.1, 0.15) is 12.4 Å². The van der Waals surface area contributed by atoms with Crippen LogP contribution in [0.3, 0.4) is 0 Å². The van der Waals surface area contributed by atoms with E-state index in [1.165, 1.54) is 13.2 Å². The van der Waals surface area contributed by atoms with Crippen LogP contribution in [0, 0.1) is 29.5 Å². The van der Waals surface area contributed by atoms with Gasteiger partial charge in [0.2, 0.25) is 0 Å². The zero-order chi connectivity index (χ0) is 17.5. The highest BCUT2D eigenvalue weighted by Crippen LogP contribution is 2.37. The number of benzene rings is 2. The number of halogens is 2. The number of ether oxygens (including phenoxy) is 2. The lowest BCUT2D eigenvalue weighted by molar-refractivity contribution is 0.329. The zero-order valence-electron chi connectivity index (χ0n) is 12.8. The number of hydrogen-bond donors (Lipinski definition) is 0. The van der Waals surface area contributed by atoms with Gasteiger partial charge in [-0.3, -0.25) is 0 Å². The smallest absolute Gasteiger partial charge is 0.176 e. The van der Waals surface area contributed by atoms with Crippen LogP contribution < -0.4 is 9.47 Å². The van der Waals surface area contributed by atoms with E-state index in [-0.39, 0.29) is 17.7 Å². The maximum absolute atomic E-state index is 13.9. The first-order valence-electron chi connectivity index (χ1n) is 6.91. The largest absolute Gasteiger partial charge is 0.493 e. The van der Waals surface area contributed by atoms with Crippen LogP contribution in [0.2, 0.25) is 0 Å². The maximum Gasteiger partial charge on any atom is 0.176 e. The molecule has 2 rings (SSSR count). The molecule has 0 heterocycles. The summed E-state index contributed by atoms with van der Waals surface area (Å²) >= 11 is 3.39. The third kappa shape index (κ3) is 3.95. The van der Waals surface area contributed by atoms with Gasteiger partial charge in [0.05, 0.1) is 23.2 Å². The topological polar surface area (TPSA) is 42.2 Å². The van der Waals surface area contributed by atoms with Crippen LogP contribution in [0.25, 0.3) is 11.6 Å². The third-order valence-electron chi connectivity index (χ3n) is 3.15. The average Bonchev–Trinajstić information content (AvgIpc) is 2.59. The van der Waals surface area contributed by atoms with Gasteiger partial charge >= 0.3 is 0 Å². The monoisotopic (exact) mass is 385 g/mol. The second kappa shape index (κ2) is 8.19.